The van der Waals surface area contributed by atoms with Gasteiger partial charge in [-0.05, 0) is 17.9 Å². The summed E-state index contributed by atoms with van der Waals surface area (Å²) in [5, 5.41) is 11.1. The SMILES string of the molecule is CCC(=Cc1ccc(C(C)C)c([N+](=O)[O-])c1)CN. The summed E-state index contributed by atoms with van der Waals surface area (Å²) in [5.41, 5.74) is 8.48. The Balaban J connectivity index is 3.23. The minimum absolute atomic E-state index is 0.142. The Labute approximate surface area is 108 Å². The molecule has 0 bridgehead atoms. The van der Waals surface area contributed by atoms with Crippen LogP contribution in [-0.4, -0.2) is 11.5 Å². The lowest BCUT2D eigenvalue weighted by molar-refractivity contribution is -0.385. The van der Waals surface area contributed by atoms with E-state index in [9.17, 15) is 10.1 Å². The molecule has 0 fully saturated rings. The number of benzene rings is 1. The Morgan fingerprint density at radius 1 is 1.50 bits per heavy atom. The summed E-state index contributed by atoms with van der Waals surface area (Å²) in [5.74, 6) is 0.142. The van der Waals surface area contributed by atoms with Crippen molar-refractivity contribution in [1.29, 1.82) is 0 Å². The monoisotopic (exact) mass is 248 g/mol. The van der Waals surface area contributed by atoms with Crippen LogP contribution in [0.2, 0.25) is 0 Å². The highest BCUT2D eigenvalue weighted by molar-refractivity contribution is 5.59. The molecule has 0 atom stereocenters. The lowest BCUT2D eigenvalue weighted by atomic mass is 9.98. The summed E-state index contributed by atoms with van der Waals surface area (Å²) >= 11 is 0. The summed E-state index contributed by atoms with van der Waals surface area (Å²) in [7, 11) is 0. The topological polar surface area (TPSA) is 69.2 Å². The van der Waals surface area contributed by atoms with Gasteiger partial charge in [0.25, 0.3) is 5.69 Å². The van der Waals surface area contributed by atoms with Gasteiger partial charge in [0.15, 0.2) is 0 Å². The van der Waals surface area contributed by atoms with Crippen molar-refractivity contribution in [3.05, 3.63) is 45.0 Å². The first-order chi connectivity index (χ1) is 8.49. The molecule has 2 N–H and O–H groups in total. The lowest BCUT2D eigenvalue weighted by Gasteiger charge is -2.08. The van der Waals surface area contributed by atoms with Crippen molar-refractivity contribution in [3.63, 3.8) is 0 Å². The average Bonchev–Trinajstić information content (AvgIpc) is 2.35. The predicted molar refractivity (Wildman–Crippen MR) is 74.5 cm³/mol. The molecule has 0 heterocycles. The number of nitrogens with two attached hydrogens (primary N) is 1. The predicted octanol–water partition coefficient (Wildman–Crippen LogP) is 3.47. The second-order valence-electron chi connectivity index (χ2n) is 4.59. The third-order valence-corrected chi connectivity index (χ3v) is 2.96. The minimum Gasteiger partial charge on any atom is -0.327 e. The highest BCUT2D eigenvalue weighted by atomic mass is 16.6. The third kappa shape index (κ3) is 3.40. The van der Waals surface area contributed by atoms with Crippen molar-refractivity contribution < 1.29 is 4.92 Å². The van der Waals surface area contributed by atoms with Crippen LogP contribution in [0.3, 0.4) is 0 Å². The van der Waals surface area contributed by atoms with Crippen molar-refractivity contribution in [2.75, 3.05) is 6.54 Å². The fraction of sp³-hybridized carbons (Fsp3) is 0.429. The second kappa shape index (κ2) is 6.31. The van der Waals surface area contributed by atoms with E-state index in [-0.39, 0.29) is 16.5 Å². The van der Waals surface area contributed by atoms with E-state index in [1.165, 1.54) is 0 Å². The van der Waals surface area contributed by atoms with E-state index < -0.39 is 0 Å². The molecular weight excluding hydrogens is 228 g/mol. The standard InChI is InChI=1S/C14H20N2O2/c1-4-11(9-15)7-12-5-6-13(10(2)3)14(8-12)16(17)18/h5-8,10H,4,9,15H2,1-3H3. The van der Waals surface area contributed by atoms with Crippen molar-refractivity contribution in [3.8, 4) is 0 Å². The Kier molecular flexibility index (Phi) is 5.04. The van der Waals surface area contributed by atoms with E-state index in [4.69, 9.17) is 5.73 Å². The van der Waals surface area contributed by atoms with Gasteiger partial charge in [-0.2, -0.15) is 0 Å². The Morgan fingerprint density at radius 2 is 2.17 bits per heavy atom. The van der Waals surface area contributed by atoms with Crippen LogP contribution in [0.1, 0.15) is 44.2 Å². The van der Waals surface area contributed by atoms with Gasteiger partial charge < -0.3 is 5.73 Å². The third-order valence-electron chi connectivity index (χ3n) is 2.96. The number of rotatable bonds is 5. The van der Waals surface area contributed by atoms with Crippen molar-refractivity contribution in [1.82, 2.24) is 0 Å². The molecule has 18 heavy (non-hydrogen) atoms. The van der Waals surface area contributed by atoms with Crippen LogP contribution in [0.15, 0.2) is 23.8 Å². The van der Waals surface area contributed by atoms with Crippen LogP contribution >= 0.6 is 0 Å². The fourth-order valence-electron chi connectivity index (χ4n) is 1.84. The molecule has 0 aliphatic rings. The maximum atomic E-state index is 11.1. The van der Waals surface area contributed by atoms with E-state index in [1.54, 1.807) is 6.07 Å². The molecule has 0 aliphatic carbocycles. The summed E-state index contributed by atoms with van der Waals surface area (Å²) in [6.07, 6.45) is 2.79. The summed E-state index contributed by atoms with van der Waals surface area (Å²) in [4.78, 5) is 10.7. The molecule has 1 aromatic carbocycles. The van der Waals surface area contributed by atoms with Gasteiger partial charge >= 0.3 is 0 Å². The molecule has 0 aliphatic heterocycles. The van der Waals surface area contributed by atoms with Crippen LogP contribution in [0, 0.1) is 10.1 Å². The first-order valence-electron chi connectivity index (χ1n) is 6.17. The normalized spacial score (nSPS) is 11.9. The second-order valence-corrected chi connectivity index (χ2v) is 4.59. The van der Waals surface area contributed by atoms with Gasteiger partial charge in [-0.3, -0.25) is 10.1 Å². The van der Waals surface area contributed by atoms with Crippen molar-refractivity contribution >= 4 is 11.8 Å². The molecule has 4 nitrogen and oxygen atoms in total. The molecule has 0 saturated carbocycles. The maximum absolute atomic E-state index is 11.1. The molecule has 0 radical (unpaired) electrons. The van der Waals surface area contributed by atoms with Crippen LogP contribution in [0.5, 0.6) is 0 Å². The molecule has 0 unspecified atom stereocenters. The van der Waals surface area contributed by atoms with E-state index >= 15 is 0 Å². The van der Waals surface area contributed by atoms with E-state index in [1.807, 2.05) is 39.0 Å². The summed E-state index contributed by atoms with van der Waals surface area (Å²) in [6.45, 7) is 6.41. The first kappa shape index (κ1) is 14.4. The van der Waals surface area contributed by atoms with Crippen LogP contribution in [0.4, 0.5) is 5.69 Å². The summed E-state index contributed by atoms with van der Waals surface area (Å²) < 4.78 is 0. The van der Waals surface area contributed by atoms with Gasteiger partial charge in [0.1, 0.15) is 0 Å². The smallest absolute Gasteiger partial charge is 0.273 e. The Morgan fingerprint density at radius 3 is 2.61 bits per heavy atom. The quantitative estimate of drug-likeness (QED) is 0.640. The molecule has 0 amide bonds. The Hall–Kier alpha value is -1.68. The van der Waals surface area contributed by atoms with Gasteiger partial charge in [-0.25, -0.2) is 0 Å². The molecule has 98 valence electrons. The van der Waals surface area contributed by atoms with E-state index in [0.29, 0.717) is 6.54 Å². The zero-order valence-corrected chi connectivity index (χ0v) is 11.1. The summed E-state index contributed by atoms with van der Waals surface area (Å²) in [6, 6.07) is 5.37. The van der Waals surface area contributed by atoms with Gasteiger partial charge in [-0.15, -0.1) is 0 Å². The van der Waals surface area contributed by atoms with Crippen LogP contribution < -0.4 is 5.73 Å². The molecule has 1 rings (SSSR count). The minimum atomic E-state index is -0.319. The average molecular weight is 248 g/mol. The van der Waals surface area contributed by atoms with Crippen molar-refractivity contribution in [2.24, 2.45) is 5.73 Å². The molecule has 0 spiro atoms. The number of hydrogen-bond acceptors (Lipinski definition) is 3. The Bertz CT molecular complexity index is 459. The van der Waals surface area contributed by atoms with Crippen molar-refractivity contribution in [2.45, 2.75) is 33.1 Å². The number of nitro benzene ring substituents is 1. The molecule has 1 aromatic rings. The van der Waals surface area contributed by atoms with E-state index in [0.717, 1.165) is 23.1 Å². The number of nitro groups is 1. The number of hydrogen-bond donors (Lipinski definition) is 1. The van der Waals surface area contributed by atoms with Gasteiger partial charge in [0, 0.05) is 18.2 Å². The van der Waals surface area contributed by atoms with Gasteiger partial charge in [-0.1, -0.05) is 44.6 Å². The number of nitrogens with zero attached hydrogens (tertiary/aromatic N) is 1. The molecule has 0 saturated heterocycles. The van der Waals surface area contributed by atoms with Crippen LogP contribution in [-0.2, 0) is 0 Å². The van der Waals surface area contributed by atoms with Gasteiger partial charge in [0.05, 0.1) is 4.92 Å². The highest BCUT2D eigenvalue weighted by Crippen LogP contribution is 2.28. The highest BCUT2D eigenvalue weighted by Gasteiger charge is 2.16. The maximum Gasteiger partial charge on any atom is 0.273 e. The fourth-order valence-corrected chi connectivity index (χ4v) is 1.84. The zero-order chi connectivity index (χ0) is 13.7. The lowest BCUT2D eigenvalue weighted by Crippen LogP contribution is -2.02. The largest absolute Gasteiger partial charge is 0.327 e. The first-order valence-corrected chi connectivity index (χ1v) is 6.17. The molecule has 4 heteroatoms. The van der Waals surface area contributed by atoms with E-state index in [2.05, 4.69) is 0 Å². The van der Waals surface area contributed by atoms with Crippen LogP contribution in [0.25, 0.3) is 6.08 Å². The zero-order valence-electron chi connectivity index (χ0n) is 11.1. The molecular formula is C14H20N2O2. The molecule has 0 aromatic heterocycles. The van der Waals surface area contributed by atoms with Gasteiger partial charge in [0.2, 0.25) is 0 Å².